The van der Waals surface area contributed by atoms with E-state index in [2.05, 4.69) is 23.7 Å². The highest BCUT2D eigenvalue weighted by Crippen LogP contribution is 2.34. The first kappa shape index (κ1) is 9.49. The molecule has 0 N–H and O–H groups in total. The van der Waals surface area contributed by atoms with E-state index in [0.29, 0.717) is 5.76 Å². The maximum atomic E-state index is 5.60. The normalized spacial score (nSPS) is 27.9. The van der Waals surface area contributed by atoms with Gasteiger partial charge in [-0.05, 0) is 30.9 Å². The first-order chi connectivity index (χ1) is 7.35. The summed E-state index contributed by atoms with van der Waals surface area (Å²) in [4.78, 5) is 0. The summed E-state index contributed by atoms with van der Waals surface area (Å²) >= 11 is 0. The minimum atomic E-state index is -0.607. The predicted octanol–water partition coefficient (Wildman–Crippen LogP) is 2.11. The Labute approximate surface area is 89.3 Å². The number of ether oxygens (including phenoxy) is 2. The van der Waals surface area contributed by atoms with Gasteiger partial charge in [-0.15, -0.1) is 0 Å². The van der Waals surface area contributed by atoms with Crippen molar-refractivity contribution in [2.24, 2.45) is 0 Å². The lowest BCUT2D eigenvalue weighted by Crippen LogP contribution is -2.24. The molecule has 0 radical (unpaired) electrons. The average Bonchev–Trinajstić information content (AvgIpc) is 2.85. The zero-order chi connectivity index (χ0) is 10.6. The topological polar surface area (TPSA) is 18.5 Å². The van der Waals surface area contributed by atoms with Gasteiger partial charge in [0.15, 0.2) is 0 Å². The molecule has 0 unspecified atom stereocenters. The van der Waals surface area contributed by atoms with Gasteiger partial charge >= 0.3 is 0 Å². The van der Waals surface area contributed by atoms with E-state index in [4.69, 9.17) is 9.47 Å². The molecule has 2 heterocycles. The summed E-state index contributed by atoms with van der Waals surface area (Å²) in [7, 11) is 0. The molecule has 0 fully saturated rings. The van der Waals surface area contributed by atoms with Gasteiger partial charge in [-0.1, -0.05) is 11.8 Å². The van der Waals surface area contributed by atoms with Gasteiger partial charge in [-0.3, -0.25) is 0 Å². The van der Waals surface area contributed by atoms with Crippen LogP contribution < -0.4 is 0 Å². The van der Waals surface area contributed by atoms with Gasteiger partial charge in [0.05, 0.1) is 12.7 Å². The molecule has 0 aliphatic carbocycles. The fourth-order valence-electron chi connectivity index (χ4n) is 1.36. The van der Waals surface area contributed by atoms with Gasteiger partial charge in [0.1, 0.15) is 5.76 Å². The molecular formula is C13H10O2. The molecule has 2 heteroatoms. The molecule has 15 heavy (non-hydrogen) atoms. The minimum Gasteiger partial charge on any atom is -0.457 e. The van der Waals surface area contributed by atoms with Crippen molar-refractivity contribution in [3.63, 3.8) is 0 Å². The van der Waals surface area contributed by atoms with Crippen molar-refractivity contribution in [2.75, 3.05) is 0 Å². The molecule has 0 amide bonds. The van der Waals surface area contributed by atoms with Crippen LogP contribution in [0, 0.1) is 23.7 Å². The predicted molar refractivity (Wildman–Crippen MR) is 57.1 cm³/mol. The summed E-state index contributed by atoms with van der Waals surface area (Å²) in [6.45, 7) is 1.75. The second-order valence-electron chi connectivity index (χ2n) is 3.13. The van der Waals surface area contributed by atoms with Gasteiger partial charge in [0.25, 0.3) is 5.79 Å². The molecule has 2 aliphatic rings. The quantitative estimate of drug-likeness (QED) is 0.555. The van der Waals surface area contributed by atoms with E-state index in [0.717, 1.165) is 6.42 Å². The van der Waals surface area contributed by atoms with Crippen molar-refractivity contribution in [1.82, 2.24) is 0 Å². The van der Waals surface area contributed by atoms with E-state index in [-0.39, 0.29) is 0 Å². The van der Waals surface area contributed by atoms with Crippen LogP contribution in [-0.2, 0) is 9.47 Å². The van der Waals surface area contributed by atoms with Crippen molar-refractivity contribution in [3.8, 4) is 23.7 Å². The Morgan fingerprint density at radius 1 is 1.47 bits per heavy atom. The van der Waals surface area contributed by atoms with E-state index in [1.54, 1.807) is 19.3 Å². The zero-order valence-corrected chi connectivity index (χ0v) is 8.41. The number of allylic oxidation sites excluding steroid dienone is 2. The van der Waals surface area contributed by atoms with Crippen LogP contribution in [-0.4, -0.2) is 5.79 Å². The third-order valence-electron chi connectivity index (χ3n) is 2.03. The second-order valence-corrected chi connectivity index (χ2v) is 3.13. The highest BCUT2D eigenvalue weighted by atomic mass is 16.7. The number of rotatable bonds is 0. The third kappa shape index (κ3) is 2.06. The molecule has 1 atom stereocenters. The van der Waals surface area contributed by atoms with Crippen molar-refractivity contribution >= 4 is 0 Å². The van der Waals surface area contributed by atoms with Gasteiger partial charge in [0.2, 0.25) is 0 Å². The van der Waals surface area contributed by atoms with Crippen LogP contribution in [0.2, 0.25) is 0 Å². The van der Waals surface area contributed by atoms with Crippen molar-refractivity contribution in [2.45, 2.75) is 19.1 Å². The summed E-state index contributed by atoms with van der Waals surface area (Å²) in [5.74, 6) is 10.9. The van der Waals surface area contributed by atoms with Crippen LogP contribution in [0.1, 0.15) is 13.3 Å². The number of hydrogen-bond donors (Lipinski definition) is 0. The lowest BCUT2D eigenvalue weighted by molar-refractivity contribution is -0.115. The van der Waals surface area contributed by atoms with E-state index in [9.17, 15) is 0 Å². The molecule has 0 bridgehead atoms. The fraction of sp³-hybridized carbons (Fsp3) is 0.231. The second kappa shape index (κ2) is 3.98. The molecule has 2 aliphatic heterocycles. The summed E-state index contributed by atoms with van der Waals surface area (Å²) in [5.41, 5.74) is 0. The highest BCUT2D eigenvalue weighted by molar-refractivity contribution is 5.35. The Morgan fingerprint density at radius 3 is 3.13 bits per heavy atom. The zero-order valence-electron chi connectivity index (χ0n) is 8.41. The van der Waals surface area contributed by atoms with Gasteiger partial charge in [-0.25, -0.2) is 0 Å². The van der Waals surface area contributed by atoms with Gasteiger partial charge in [0, 0.05) is 12.2 Å². The van der Waals surface area contributed by atoms with Crippen molar-refractivity contribution in [1.29, 1.82) is 0 Å². The molecule has 0 aromatic rings. The van der Waals surface area contributed by atoms with E-state index >= 15 is 0 Å². The number of hydrogen-bond acceptors (Lipinski definition) is 2. The first-order valence-corrected chi connectivity index (χ1v) is 4.68. The SMILES string of the molecule is CC#CC#C/C=C1\C=C[C@@]2(CC=CO2)O1. The monoisotopic (exact) mass is 198 g/mol. The van der Waals surface area contributed by atoms with Crippen molar-refractivity contribution in [3.05, 3.63) is 36.3 Å². The Hall–Kier alpha value is -2.06. The maximum absolute atomic E-state index is 5.60. The summed E-state index contributed by atoms with van der Waals surface area (Å²) in [5, 5.41) is 0. The van der Waals surface area contributed by atoms with Gasteiger partial charge < -0.3 is 9.47 Å². The Balaban J connectivity index is 2.02. The van der Waals surface area contributed by atoms with E-state index < -0.39 is 5.79 Å². The fourth-order valence-corrected chi connectivity index (χ4v) is 1.36. The van der Waals surface area contributed by atoms with Gasteiger partial charge in [-0.2, -0.15) is 0 Å². The summed E-state index contributed by atoms with van der Waals surface area (Å²) in [6, 6.07) is 0. The van der Waals surface area contributed by atoms with Crippen LogP contribution in [0.3, 0.4) is 0 Å². The molecule has 0 aromatic heterocycles. The summed E-state index contributed by atoms with van der Waals surface area (Å²) < 4.78 is 11.0. The molecule has 2 nitrogen and oxygen atoms in total. The Morgan fingerprint density at radius 2 is 2.40 bits per heavy atom. The first-order valence-electron chi connectivity index (χ1n) is 4.68. The molecular weight excluding hydrogens is 188 g/mol. The lowest BCUT2D eigenvalue weighted by atomic mass is 10.2. The Kier molecular flexibility index (Phi) is 2.52. The van der Waals surface area contributed by atoms with Crippen LogP contribution in [0.25, 0.3) is 0 Å². The van der Waals surface area contributed by atoms with E-state index in [1.807, 2.05) is 18.2 Å². The smallest absolute Gasteiger partial charge is 0.274 e. The summed E-state index contributed by atoms with van der Waals surface area (Å²) in [6.07, 6.45) is 9.77. The maximum Gasteiger partial charge on any atom is 0.274 e. The average molecular weight is 198 g/mol. The highest BCUT2D eigenvalue weighted by Gasteiger charge is 2.36. The lowest BCUT2D eigenvalue weighted by Gasteiger charge is -2.20. The van der Waals surface area contributed by atoms with Crippen LogP contribution >= 0.6 is 0 Å². The third-order valence-corrected chi connectivity index (χ3v) is 2.03. The van der Waals surface area contributed by atoms with Crippen LogP contribution in [0.4, 0.5) is 0 Å². The molecule has 0 saturated carbocycles. The van der Waals surface area contributed by atoms with Crippen LogP contribution in [0.5, 0.6) is 0 Å². The molecule has 74 valence electrons. The van der Waals surface area contributed by atoms with Crippen molar-refractivity contribution < 1.29 is 9.47 Å². The molecule has 2 rings (SSSR count). The Bertz CT molecular complexity index is 450. The molecule has 0 saturated heterocycles. The standard InChI is InChI=1S/C13H10O2/c1-2-3-4-5-7-12-8-10-13(15-12)9-6-11-14-13/h6-8,10-11H,9H2,1H3/b12-7+/t13-/m1/s1. The molecule has 0 aromatic carbocycles. The van der Waals surface area contributed by atoms with Crippen LogP contribution in [0.15, 0.2) is 36.3 Å². The van der Waals surface area contributed by atoms with E-state index in [1.165, 1.54) is 0 Å². The largest absolute Gasteiger partial charge is 0.457 e. The molecule has 1 spiro atoms. The minimum absolute atomic E-state index is 0.607.